The number of pyridine rings is 1. The average Bonchev–Trinajstić information content (AvgIpc) is 3.91. The zero-order valence-corrected chi connectivity index (χ0v) is 45.0. The molecule has 3 aromatic heterocycles. The maximum absolute atomic E-state index is 12.8. The third-order valence-corrected chi connectivity index (χ3v) is 15.5. The third kappa shape index (κ3) is 9.19. The summed E-state index contributed by atoms with van der Waals surface area (Å²) in [6.07, 6.45) is 1.82. The van der Waals surface area contributed by atoms with Crippen LogP contribution in [0, 0.1) is 17.9 Å². The van der Waals surface area contributed by atoms with Gasteiger partial charge in [0.25, 0.3) is 0 Å². The van der Waals surface area contributed by atoms with Crippen molar-refractivity contribution in [1.29, 1.82) is 0 Å². The molecule has 8 aromatic carbocycles. The van der Waals surface area contributed by atoms with Gasteiger partial charge in [-0.05, 0) is 115 Å². The Bertz CT molecular complexity index is 3680. The van der Waals surface area contributed by atoms with Crippen molar-refractivity contribution in [2.24, 2.45) is 0 Å². The number of rotatable bonds is 7. The summed E-state index contributed by atoms with van der Waals surface area (Å²) in [7, 11) is -1.34. The number of aromatic nitrogens is 3. The van der Waals surface area contributed by atoms with Gasteiger partial charge in [0.15, 0.2) is 0 Å². The summed E-state index contributed by atoms with van der Waals surface area (Å²) in [5.74, 6) is 1.11. The monoisotopic (exact) mass is 1110 g/mol. The second kappa shape index (κ2) is 19.0. The molecule has 0 saturated carbocycles. The van der Waals surface area contributed by atoms with Crippen LogP contribution in [0.3, 0.4) is 0 Å². The van der Waals surface area contributed by atoms with Gasteiger partial charge in [0.1, 0.15) is 5.58 Å². The van der Waals surface area contributed by atoms with Crippen molar-refractivity contribution in [2.75, 3.05) is 0 Å². The van der Waals surface area contributed by atoms with Gasteiger partial charge in [0, 0.05) is 43.2 Å². The Kier molecular flexibility index (Phi) is 13.2. The molecule has 0 amide bonds. The van der Waals surface area contributed by atoms with Crippen LogP contribution in [0.5, 0.6) is 0 Å². The molecular weight excluding hydrogens is 1050 g/mol. The molecule has 0 spiro atoms. The molecule has 353 valence electrons. The number of halogens is 1. The summed E-state index contributed by atoms with van der Waals surface area (Å²) in [6.45, 7) is 22.9. The average molecular weight is 1110 g/mol. The van der Waals surface area contributed by atoms with E-state index in [-0.39, 0.29) is 43.2 Å². The molecule has 0 aliphatic heterocycles. The maximum atomic E-state index is 12.8. The van der Waals surface area contributed by atoms with Crippen LogP contribution in [0.2, 0.25) is 19.6 Å². The Hall–Kier alpha value is -6.50. The molecule has 0 N–H and O–H groups in total. The van der Waals surface area contributed by atoms with Gasteiger partial charge in [0.2, 0.25) is 0 Å². The van der Waals surface area contributed by atoms with E-state index in [1.807, 2.05) is 12.3 Å². The molecular formula is C63H58FIrN3OSi-2. The van der Waals surface area contributed by atoms with E-state index in [1.54, 1.807) is 6.07 Å². The number of hydrogen-bond acceptors (Lipinski definition) is 3. The minimum atomic E-state index is -1.34. The molecule has 70 heavy (non-hydrogen) atoms. The van der Waals surface area contributed by atoms with Gasteiger partial charge in [-0.25, -0.2) is 0 Å². The summed E-state index contributed by atoms with van der Waals surface area (Å²) >= 11 is 0. The number of nitrogens with zero attached hydrogens (tertiary/aromatic N) is 3. The Balaban J connectivity index is 0.000000286. The molecule has 0 bridgehead atoms. The first kappa shape index (κ1) is 48.5. The molecule has 0 fully saturated rings. The smallest absolute Gasteiger partial charge is 0.121 e. The largest absolute Gasteiger partial charge is 0.501 e. The van der Waals surface area contributed by atoms with Gasteiger partial charge in [-0.1, -0.05) is 163 Å². The summed E-state index contributed by atoms with van der Waals surface area (Å²) in [6, 6.07) is 59.2. The van der Waals surface area contributed by atoms with Gasteiger partial charge < -0.3 is 14.0 Å². The Morgan fingerprint density at radius 3 is 2.04 bits per heavy atom. The fourth-order valence-electron chi connectivity index (χ4n) is 9.59. The Labute approximate surface area is 426 Å². The second-order valence-corrected chi connectivity index (χ2v) is 26.1. The van der Waals surface area contributed by atoms with Crippen molar-refractivity contribution in [3.8, 4) is 39.5 Å². The van der Waals surface area contributed by atoms with E-state index in [4.69, 9.17) is 9.40 Å². The van der Waals surface area contributed by atoms with E-state index in [0.29, 0.717) is 0 Å². The van der Waals surface area contributed by atoms with E-state index < -0.39 is 8.07 Å². The van der Waals surface area contributed by atoms with Crippen LogP contribution in [0.15, 0.2) is 162 Å². The fraction of sp³-hybridized carbons (Fsp3) is 0.206. The zero-order valence-electron chi connectivity index (χ0n) is 41.6. The molecule has 7 heteroatoms. The molecule has 0 unspecified atom stereocenters. The van der Waals surface area contributed by atoms with Crippen LogP contribution in [-0.2, 0) is 25.5 Å². The van der Waals surface area contributed by atoms with Crippen LogP contribution in [0.1, 0.15) is 77.0 Å². The van der Waals surface area contributed by atoms with E-state index in [2.05, 4.69) is 217 Å². The third-order valence-electron chi connectivity index (χ3n) is 13.5. The van der Waals surface area contributed by atoms with E-state index >= 15 is 0 Å². The van der Waals surface area contributed by atoms with Gasteiger partial charge >= 0.3 is 0 Å². The van der Waals surface area contributed by atoms with Crippen molar-refractivity contribution in [1.82, 2.24) is 14.5 Å². The van der Waals surface area contributed by atoms with Crippen LogP contribution in [0.25, 0.3) is 94.0 Å². The molecule has 3 heterocycles. The molecule has 0 atom stereocenters. The molecule has 0 aliphatic carbocycles. The number of fused-ring (bicyclic) bond motifs is 7. The van der Waals surface area contributed by atoms with Crippen LogP contribution in [0.4, 0.5) is 4.39 Å². The Morgan fingerprint density at radius 2 is 1.36 bits per heavy atom. The van der Waals surface area contributed by atoms with E-state index in [1.165, 1.54) is 72.4 Å². The number of hydrogen-bond donors (Lipinski definition) is 0. The van der Waals surface area contributed by atoms with E-state index in [9.17, 15) is 4.39 Å². The quantitative estimate of drug-likeness (QED) is 0.0907. The predicted molar refractivity (Wildman–Crippen MR) is 291 cm³/mol. The summed E-state index contributed by atoms with van der Waals surface area (Å²) in [5.41, 5.74) is 14.0. The summed E-state index contributed by atoms with van der Waals surface area (Å²) in [4.78, 5) is 9.68. The second-order valence-electron chi connectivity index (χ2n) is 21.1. The van der Waals surface area contributed by atoms with Gasteiger partial charge in [-0.2, -0.15) is 0 Å². The van der Waals surface area contributed by atoms with Crippen molar-refractivity contribution < 1.29 is 28.9 Å². The standard InChI is InChI=1S/C49H43N2O.C14H15FNSi.Ir/c1-29(2)39-26-34(31-21-23-35(24-22-31)49(5,6)7)27-40(30(3)4)46(39)51-44-18-11-10-17-43(44)50-48(51)38-16-12-15-37-42-25-33-20-19-32-13-8-9-14-36(32)41(33)28-45(42)52-47(37)38;1-17(2,3)13-8-9-16-14(10-13)11-4-6-12(15)7-5-11;/h8-15,17-30H,1-7H3;4,6-10H,1-3H3;/q2*-1;. The van der Waals surface area contributed by atoms with Gasteiger partial charge in [-0.3, -0.25) is 9.37 Å². The number of para-hydroxylation sites is 2. The minimum Gasteiger partial charge on any atom is -0.501 e. The van der Waals surface area contributed by atoms with Crippen molar-refractivity contribution in [3.63, 3.8) is 0 Å². The number of furan rings is 1. The summed E-state index contributed by atoms with van der Waals surface area (Å²) in [5, 5.41) is 8.36. The number of benzene rings is 8. The SMILES string of the molecule is CC(C)c1cc(-c2ccc(C(C)(C)C)cc2)cc(C(C)C)c1-n1c(-c2[c-]ccc3c2oc2cc4c(ccc5ccccc54)cc23)nc2ccccc21.C[Si](C)(C)c1ccnc(-c2[c-]cc(F)cc2)c1.[Ir]. The minimum absolute atomic E-state index is 0. The molecule has 0 saturated heterocycles. The van der Waals surface area contributed by atoms with Crippen LogP contribution < -0.4 is 5.19 Å². The first-order valence-corrected chi connectivity index (χ1v) is 27.6. The van der Waals surface area contributed by atoms with Crippen LogP contribution >= 0.6 is 0 Å². The normalized spacial score (nSPS) is 12.1. The van der Waals surface area contributed by atoms with Gasteiger partial charge in [0.05, 0.1) is 30.5 Å². The van der Waals surface area contributed by atoms with E-state index in [0.717, 1.165) is 55.6 Å². The topological polar surface area (TPSA) is 43.9 Å². The summed E-state index contributed by atoms with van der Waals surface area (Å²) < 4.78 is 22.1. The first-order chi connectivity index (χ1) is 33.0. The van der Waals surface area contributed by atoms with Crippen molar-refractivity contribution in [2.45, 2.75) is 85.4 Å². The number of imidazole rings is 1. The van der Waals surface area contributed by atoms with Crippen molar-refractivity contribution in [3.05, 3.63) is 192 Å². The molecule has 11 rings (SSSR count). The molecule has 0 aliphatic rings. The van der Waals surface area contributed by atoms with Crippen molar-refractivity contribution >= 4 is 67.8 Å². The maximum Gasteiger partial charge on any atom is 0.121 e. The predicted octanol–water partition coefficient (Wildman–Crippen LogP) is 17.1. The Morgan fingerprint density at radius 1 is 0.657 bits per heavy atom. The molecule has 4 nitrogen and oxygen atoms in total. The zero-order chi connectivity index (χ0) is 48.4. The van der Waals surface area contributed by atoms with Gasteiger partial charge in [-0.15, -0.1) is 48.0 Å². The molecule has 1 radical (unpaired) electrons. The first-order valence-electron chi connectivity index (χ1n) is 24.1. The van der Waals surface area contributed by atoms with Crippen LogP contribution in [-0.4, -0.2) is 22.6 Å². The molecule has 11 aromatic rings. The fourth-order valence-corrected chi connectivity index (χ4v) is 10.7.